The molecule has 0 aliphatic rings. The molecule has 0 spiro atoms. The van der Waals surface area contributed by atoms with Crippen molar-refractivity contribution in [2.75, 3.05) is 6.61 Å². The fourth-order valence-corrected chi connectivity index (χ4v) is 1.74. The second-order valence-electron chi connectivity index (χ2n) is 3.84. The summed E-state index contributed by atoms with van der Waals surface area (Å²) in [5.41, 5.74) is 2.25. The molecule has 3 heteroatoms. The Morgan fingerprint density at radius 3 is 2.71 bits per heavy atom. The summed E-state index contributed by atoms with van der Waals surface area (Å²) in [6, 6.07) is 9.78. The van der Waals surface area contributed by atoms with E-state index < -0.39 is 0 Å². The summed E-state index contributed by atoms with van der Waals surface area (Å²) in [6.07, 6.45) is 4.43. The second kappa shape index (κ2) is 5.69. The molecule has 88 valence electrons. The average Bonchev–Trinajstić information content (AvgIpc) is 2.36. The van der Waals surface area contributed by atoms with Crippen molar-refractivity contribution in [3.63, 3.8) is 0 Å². The zero-order valence-electron chi connectivity index (χ0n) is 9.69. The Kier molecular flexibility index (Phi) is 3.99. The summed E-state index contributed by atoms with van der Waals surface area (Å²) >= 11 is 6.14. The Balaban J connectivity index is 1.93. The maximum atomic E-state index is 6.14. The van der Waals surface area contributed by atoms with Crippen LogP contribution in [0.4, 0.5) is 0 Å². The van der Waals surface area contributed by atoms with E-state index >= 15 is 0 Å². The van der Waals surface area contributed by atoms with E-state index in [9.17, 15) is 0 Å². The van der Waals surface area contributed by atoms with Crippen molar-refractivity contribution in [1.82, 2.24) is 4.98 Å². The van der Waals surface area contributed by atoms with Crippen LogP contribution >= 0.6 is 11.6 Å². The van der Waals surface area contributed by atoms with Gasteiger partial charge >= 0.3 is 0 Å². The number of hydrogen-bond donors (Lipinski definition) is 0. The highest BCUT2D eigenvalue weighted by Gasteiger charge is 2.03. The second-order valence-corrected chi connectivity index (χ2v) is 4.22. The topological polar surface area (TPSA) is 22.1 Å². The highest BCUT2D eigenvalue weighted by molar-refractivity contribution is 6.32. The highest BCUT2D eigenvalue weighted by Crippen LogP contribution is 2.27. The summed E-state index contributed by atoms with van der Waals surface area (Å²) in [7, 11) is 0. The van der Waals surface area contributed by atoms with E-state index in [4.69, 9.17) is 16.3 Å². The number of aryl methyl sites for hydroxylation is 1. The van der Waals surface area contributed by atoms with E-state index in [1.54, 1.807) is 12.4 Å². The minimum atomic E-state index is 0.618. The Bertz CT molecular complexity index is 485. The number of aromatic nitrogens is 1. The van der Waals surface area contributed by atoms with E-state index in [1.165, 1.54) is 5.56 Å². The lowest BCUT2D eigenvalue weighted by Crippen LogP contribution is -2.02. The van der Waals surface area contributed by atoms with Gasteiger partial charge in [0.05, 0.1) is 11.6 Å². The third-order valence-electron chi connectivity index (χ3n) is 2.55. The van der Waals surface area contributed by atoms with E-state index in [2.05, 4.69) is 4.98 Å². The van der Waals surface area contributed by atoms with Gasteiger partial charge in [-0.2, -0.15) is 0 Å². The van der Waals surface area contributed by atoms with Crippen LogP contribution in [-0.2, 0) is 6.42 Å². The van der Waals surface area contributed by atoms with Gasteiger partial charge in [-0.3, -0.25) is 4.98 Å². The third-order valence-corrected chi connectivity index (χ3v) is 3.04. The number of rotatable bonds is 4. The van der Waals surface area contributed by atoms with Crippen LogP contribution < -0.4 is 4.74 Å². The lowest BCUT2D eigenvalue weighted by atomic mass is 10.2. The summed E-state index contributed by atoms with van der Waals surface area (Å²) in [5.74, 6) is 0.751. The van der Waals surface area contributed by atoms with Crippen LogP contribution in [0, 0.1) is 6.92 Å². The van der Waals surface area contributed by atoms with Gasteiger partial charge in [0.2, 0.25) is 0 Å². The quantitative estimate of drug-likeness (QED) is 0.823. The van der Waals surface area contributed by atoms with Crippen molar-refractivity contribution >= 4 is 11.6 Å². The monoisotopic (exact) mass is 247 g/mol. The SMILES string of the molecule is Cc1cccc(OCCc2ccncc2)c1Cl. The van der Waals surface area contributed by atoms with E-state index in [1.807, 2.05) is 37.3 Å². The van der Waals surface area contributed by atoms with Gasteiger partial charge in [-0.25, -0.2) is 0 Å². The molecule has 1 heterocycles. The Hall–Kier alpha value is -1.54. The van der Waals surface area contributed by atoms with E-state index in [-0.39, 0.29) is 0 Å². The maximum absolute atomic E-state index is 6.14. The molecule has 2 nitrogen and oxygen atoms in total. The molecule has 0 unspecified atom stereocenters. The fraction of sp³-hybridized carbons (Fsp3) is 0.214. The van der Waals surface area contributed by atoms with E-state index in [0.29, 0.717) is 11.6 Å². The largest absolute Gasteiger partial charge is 0.492 e. The van der Waals surface area contributed by atoms with E-state index in [0.717, 1.165) is 17.7 Å². The molecule has 17 heavy (non-hydrogen) atoms. The number of pyridine rings is 1. The number of ether oxygens (including phenoxy) is 1. The van der Waals surface area contributed by atoms with Gasteiger partial charge in [0.25, 0.3) is 0 Å². The Morgan fingerprint density at radius 2 is 1.94 bits per heavy atom. The first-order valence-electron chi connectivity index (χ1n) is 5.54. The molecular formula is C14H14ClNO. The van der Waals surface area contributed by atoms with Gasteiger partial charge in [-0.1, -0.05) is 23.7 Å². The van der Waals surface area contributed by atoms with Crippen LogP contribution in [-0.4, -0.2) is 11.6 Å². The first-order chi connectivity index (χ1) is 8.27. The molecule has 1 aromatic heterocycles. The minimum absolute atomic E-state index is 0.618. The Labute approximate surface area is 106 Å². The standard InChI is InChI=1S/C14H14ClNO/c1-11-3-2-4-13(14(11)15)17-10-7-12-5-8-16-9-6-12/h2-6,8-9H,7,10H2,1H3. The molecule has 2 rings (SSSR count). The first kappa shape index (κ1) is 11.9. The van der Waals surface area contributed by atoms with Crippen LogP contribution in [0.1, 0.15) is 11.1 Å². The summed E-state index contributed by atoms with van der Waals surface area (Å²) in [5, 5.41) is 0.697. The molecule has 0 aliphatic carbocycles. The molecule has 0 bridgehead atoms. The number of halogens is 1. The lowest BCUT2D eigenvalue weighted by molar-refractivity contribution is 0.322. The van der Waals surface area contributed by atoms with Crippen molar-refractivity contribution < 1.29 is 4.74 Å². The molecule has 0 fully saturated rings. The molecule has 0 atom stereocenters. The fourth-order valence-electron chi connectivity index (χ4n) is 1.56. The predicted molar refractivity (Wildman–Crippen MR) is 69.6 cm³/mol. The number of hydrogen-bond acceptors (Lipinski definition) is 2. The molecule has 0 amide bonds. The smallest absolute Gasteiger partial charge is 0.138 e. The molecule has 0 radical (unpaired) electrons. The predicted octanol–water partition coefficient (Wildman–Crippen LogP) is 3.66. The van der Waals surface area contributed by atoms with Gasteiger partial charge < -0.3 is 4.74 Å². The summed E-state index contributed by atoms with van der Waals surface area (Å²) in [4.78, 5) is 3.98. The lowest BCUT2D eigenvalue weighted by Gasteiger charge is -2.09. The molecular weight excluding hydrogens is 234 g/mol. The van der Waals surface area contributed by atoms with Crippen molar-refractivity contribution in [1.29, 1.82) is 0 Å². The highest BCUT2D eigenvalue weighted by atomic mass is 35.5. The third kappa shape index (κ3) is 3.21. The molecule has 0 saturated carbocycles. The van der Waals surface area contributed by atoms with Crippen LogP contribution in [0.5, 0.6) is 5.75 Å². The van der Waals surface area contributed by atoms with Gasteiger partial charge in [0.15, 0.2) is 0 Å². The Morgan fingerprint density at radius 1 is 1.18 bits per heavy atom. The first-order valence-corrected chi connectivity index (χ1v) is 5.92. The van der Waals surface area contributed by atoms with Crippen molar-refractivity contribution in [3.05, 3.63) is 58.9 Å². The van der Waals surface area contributed by atoms with Crippen LogP contribution in [0.15, 0.2) is 42.7 Å². The van der Waals surface area contributed by atoms with Crippen molar-refractivity contribution in [2.45, 2.75) is 13.3 Å². The van der Waals surface area contributed by atoms with Gasteiger partial charge in [0, 0.05) is 18.8 Å². The van der Waals surface area contributed by atoms with Crippen LogP contribution in [0.3, 0.4) is 0 Å². The van der Waals surface area contributed by atoms with Crippen LogP contribution in [0.25, 0.3) is 0 Å². The number of nitrogens with zero attached hydrogens (tertiary/aromatic N) is 1. The zero-order valence-corrected chi connectivity index (χ0v) is 10.4. The minimum Gasteiger partial charge on any atom is -0.492 e. The summed E-state index contributed by atoms with van der Waals surface area (Å²) < 4.78 is 5.67. The molecule has 0 N–H and O–H groups in total. The normalized spacial score (nSPS) is 10.2. The molecule has 0 aliphatic heterocycles. The molecule has 2 aromatic rings. The summed E-state index contributed by atoms with van der Waals surface area (Å²) in [6.45, 7) is 2.59. The van der Waals surface area contributed by atoms with Crippen molar-refractivity contribution in [2.24, 2.45) is 0 Å². The van der Waals surface area contributed by atoms with Crippen LogP contribution in [0.2, 0.25) is 5.02 Å². The zero-order chi connectivity index (χ0) is 12.1. The van der Waals surface area contributed by atoms with Gasteiger partial charge in [-0.15, -0.1) is 0 Å². The van der Waals surface area contributed by atoms with Gasteiger partial charge in [-0.05, 0) is 36.2 Å². The number of benzene rings is 1. The molecule has 1 aromatic carbocycles. The average molecular weight is 248 g/mol. The van der Waals surface area contributed by atoms with Crippen molar-refractivity contribution in [3.8, 4) is 5.75 Å². The van der Waals surface area contributed by atoms with Gasteiger partial charge in [0.1, 0.15) is 5.75 Å². The molecule has 0 saturated heterocycles. The maximum Gasteiger partial charge on any atom is 0.138 e.